The molecule has 0 aromatic heterocycles. The molecule has 0 aliphatic carbocycles. The van der Waals surface area contributed by atoms with Crippen molar-refractivity contribution in [1.29, 1.82) is 0 Å². The summed E-state index contributed by atoms with van der Waals surface area (Å²) in [5, 5.41) is 3.21. The molecule has 0 bridgehead atoms. The minimum absolute atomic E-state index is 0.0528. The maximum absolute atomic E-state index is 14.2. The first-order chi connectivity index (χ1) is 9.92. The molecule has 0 saturated carbocycles. The van der Waals surface area contributed by atoms with Crippen LogP contribution in [-0.4, -0.2) is 38.7 Å². The molecule has 0 spiro atoms. The maximum Gasteiger partial charge on any atom is 0.131 e. The van der Waals surface area contributed by atoms with Crippen molar-refractivity contribution in [1.82, 2.24) is 10.2 Å². The van der Waals surface area contributed by atoms with Crippen molar-refractivity contribution >= 4 is 0 Å². The molecule has 0 fully saturated rings. The third kappa shape index (κ3) is 4.68. The van der Waals surface area contributed by atoms with Crippen LogP contribution in [-0.2, 0) is 0 Å². The summed E-state index contributed by atoms with van der Waals surface area (Å²) in [5.41, 5.74) is 0.619. The van der Waals surface area contributed by atoms with Crippen LogP contribution in [0.5, 0.6) is 5.75 Å². The van der Waals surface area contributed by atoms with Crippen molar-refractivity contribution in [2.75, 3.05) is 27.7 Å². The van der Waals surface area contributed by atoms with Gasteiger partial charge < -0.3 is 15.0 Å². The number of methoxy groups -OCH3 is 1. The molecular weight excluding hydrogens is 267 g/mol. The summed E-state index contributed by atoms with van der Waals surface area (Å²) < 4.78 is 19.5. The van der Waals surface area contributed by atoms with E-state index in [2.05, 4.69) is 38.0 Å². The molecule has 0 saturated heterocycles. The molecule has 3 nitrogen and oxygen atoms in total. The molecule has 4 heteroatoms. The average Bonchev–Trinajstić information content (AvgIpc) is 2.47. The SMILES string of the molecule is CNC(CCN(C)C(C)C(C)C)c1c(F)cccc1OC. The van der Waals surface area contributed by atoms with Crippen LogP contribution < -0.4 is 10.1 Å². The summed E-state index contributed by atoms with van der Waals surface area (Å²) in [6, 6.07) is 5.43. The van der Waals surface area contributed by atoms with E-state index in [1.807, 2.05) is 13.1 Å². The average molecular weight is 296 g/mol. The lowest BCUT2D eigenvalue weighted by molar-refractivity contribution is 0.198. The molecule has 0 aliphatic rings. The molecular formula is C17H29FN2O. The first-order valence-corrected chi connectivity index (χ1v) is 7.62. The number of nitrogens with one attached hydrogen (secondary N) is 1. The predicted octanol–water partition coefficient (Wildman–Crippen LogP) is 3.46. The van der Waals surface area contributed by atoms with Crippen molar-refractivity contribution in [3.63, 3.8) is 0 Å². The van der Waals surface area contributed by atoms with Gasteiger partial charge in [0.1, 0.15) is 11.6 Å². The van der Waals surface area contributed by atoms with E-state index in [0.29, 0.717) is 23.3 Å². The summed E-state index contributed by atoms with van der Waals surface area (Å²) in [6.07, 6.45) is 0.835. The minimum Gasteiger partial charge on any atom is -0.496 e. The van der Waals surface area contributed by atoms with Crippen LogP contribution in [0.1, 0.15) is 38.8 Å². The van der Waals surface area contributed by atoms with Gasteiger partial charge in [0.25, 0.3) is 0 Å². The first-order valence-electron chi connectivity index (χ1n) is 7.62. The largest absolute Gasteiger partial charge is 0.496 e. The van der Waals surface area contributed by atoms with Crippen LogP contribution in [0.15, 0.2) is 18.2 Å². The van der Waals surface area contributed by atoms with E-state index in [4.69, 9.17) is 4.74 Å². The van der Waals surface area contributed by atoms with Gasteiger partial charge >= 0.3 is 0 Å². The van der Waals surface area contributed by atoms with Gasteiger partial charge in [-0.3, -0.25) is 0 Å². The zero-order chi connectivity index (χ0) is 16.0. The van der Waals surface area contributed by atoms with E-state index in [1.165, 1.54) is 6.07 Å². The predicted molar refractivity (Wildman–Crippen MR) is 86.3 cm³/mol. The molecule has 1 aromatic carbocycles. The Balaban J connectivity index is 2.81. The minimum atomic E-state index is -0.215. The van der Waals surface area contributed by atoms with Crippen molar-refractivity contribution < 1.29 is 9.13 Å². The second-order valence-electron chi connectivity index (χ2n) is 5.95. The highest BCUT2D eigenvalue weighted by atomic mass is 19.1. The molecule has 21 heavy (non-hydrogen) atoms. The third-order valence-electron chi connectivity index (χ3n) is 4.36. The second kappa shape index (κ2) is 8.35. The van der Waals surface area contributed by atoms with Crippen molar-refractivity contribution in [2.24, 2.45) is 5.92 Å². The Labute approximate surface area is 128 Å². The molecule has 1 rings (SSSR count). The molecule has 0 radical (unpaired) electrons. The molecule has 1 aromatic rings. The Morgan fingerprint density at radius 2 is 1.95 bits per heavy atom. The molecule has 1 N–H and O–H groups in total. The Morgan fingerprint density at radius 1 is 1.29 bits per heavy atom. The summed E-state index contributed by atoms with van der Waals surface area (Å²) in [4.78, 5) is 2.32. The van der Waals surface area contributed by atoms with Gasteiger partial charge in [0.2, 0.25) is 0 Å². The Kier molecular flexibility index (Phi) is 7.12. The standard InChI is InChI=1S/C17H29FN2O/c1-12(2)13(3)20(5)11-10-15(19-4)17-14(18)8-7-9-16(17)21-6/h7-9,12-13,15,19H,10-11H2,1-6H3. The molecule has 0 amide bonds. The second-order valence-corrected chi connectivity index (χ2v) is 5.95. The number of ether oxygens (including phenoxy) is 1. The number of benzene rings is 1. The van der Waals surface area contributed by atoms with E-state index >= 15 is 0 Å². The Morgan fingerprint density at radius 3 is 2.48 bits per heavy atom. The fraction of sp³-hybridized carbons (Fsp3) is 0.647. The van der Waals surface area contributed by atoms with Gasteiger partial charge in [-0.2, -0.15) is 0 Å². The van der Waals surface area contributed by atoms with E-state index < -0.39 is 0 Å². The van der Waals surface area contributed by atoms with Gasteiger partial charge in [-0.25, -0.2) is 4.39 Å². The van der Waals surface area contributed by atoms with Crippen LogP contribution in [0.4, 0.5) is 4.39 Å². The maximum atomic E-state index is 14.2. The monoisotopic (exact) mass is 296 g/mol. The van der Waals surface area contributed by atoms with E-state index in [9.17, 15) is 4.39 Å². The van der Waals surface area contributed by atoms with E-state index in [-0.39, 0.29) is 11.9 Å². The molecule has 0 heterocycles. The Bertz CT molecular complexity index is 437. The summed E-state index contributed by atoms with van der Waals surface area (Å²) in [5.74, 6) is 0.994. The summed E-state index contributed by atoms with van der Waals surface area (Å²) in [7, 11) is 5.57. The first kappa shape index (κ1) is 17.9. The molecule has 2 unspecified atom stereocenters. The van der Waals surface area contributed by atoms with E-state index in [0.717, 1.165) is 13.0 Å². The summed E-state index contributed by atoms with van der Waals surface area (Å²) in [6.45, 7) is 7.57. The van der Waals surface area contributed by atoms with Gasteiger partial charge in [-0.1, -0.05) is 19.9 Å². The van der Waals surface area contributed by atoms with E-state index in [1.54, 1.807) is 13.2 Å². The fourth-order valence-corrected chi connectivity index (χ4v) is 2.51. The fourth-order valence-electron chi connectivity index (χ4n) is 2.51. The molecule has 0 aliphatic heterocycles. The third-order valence-corrected chi connectivity index (χ3v) is 4.36. The molecule has 2 atom stereocenters. The highest BCUT2D eigenvalue weighted by Crippen LogP contribution is 2.30. The normalized spacial score (nSPS) is 14.5. The van der Waals surface area contributed by atoms with Gasteiger partial charge in [0.05, 0.1) is 7.11 Å². The van der Waals surface area contributed by atoms with Gasteiger partial charge in [0.15, 0.2) is 0 Å². The van der Waals surface area contributed by atoms with Crippen LogP contribution in [0.3, 0.4) is 0 Å². The number of halogens is 1. The highest BCUT2D eigenvalue weighted by Gasteiger charge is 2.21. The molecule has 120 valence electrons. The van der Waals surface area contributed by atoms with Gasteiger partial charge in [0, 0.05) is 17.6 Å². The zero-order valence-corrected chi connectivity index (χ0v) is 14.1. The van der Waals surface area contributed by atoms with Crippen molar-refractivity contribution in [2.45, 2.75) is 39.3 Å². The van der Waals surface area contributed by atoms with Crippen LogP contribution in [0, 0.1) is 11.7 Å². The lowest BCUT2D eigenvalue weighted by Crippen LogP contribution is -2.35. The van der Waals surface area contributed by atoms with Gasteiger partial charge in [-0.05, 0) is 52.0 Å². The lowest BCUT2D eigenvalue weighted by atomic mass is 10.00. The quantitative estimate of drug-likeness (QED) is 0.795. The Hall–Kier alpha value is -1.13. The van der Waals surface area contributed by atoms with Crippen LogP contribution in [0.25, 0.3) is 0 Å². The summed E-state index contributed by atoms with van der Waals surface area (Å²) >= 11 is 0. The van der Waals surface area contributed by atoms with Crippen LogP contribution >= 0.6 is 0 Å². The van der Waals surface area contributed by atoms with Crippen molar-refractivity contribution in [3.05, 3.63) is 29.6 Å². The lowest BCUT2D eigenvalue weighted by Gasteiger charge is -2.29. The topological polar surface area (TPSA) is 24.5 Å². The van der Waals surface area contributed by atoms with Gasteiger partial charge in [-0.15, -0.1) is 0 Å². The highest BCUT2D eigenvalue weighted by molar-refractivity contribution is 5.37. The van der Waals surface area contributed by atoms with Crippen LogP contribution in [0.2, 0.25) is 0 Å². The van der Waals surface area contributed by atoms with Crippen molar-refractivity contribution in [3.8, 4) is 5.75 Å². The number of hydrogen-bond acceptors (Lipinski definition) is 3. The smallest absolute Gasteiger partial charge is 0.131 e. The number of hydrogen-bond donors (Lipinski definition) is 1. The zero-order valence-electron chi connectivity index (χ0n) is 14.1. The number of nitrogens with zero attached hydrogens (tertiary/aromatic N) is 1. The number of rotatable bonds is 8.